The number of carbonyl (C=O) groups is 1. The van der Waals surface area contributed by atoms with Gasteiger partial charge in [0.25, 0.3) is 0 Å². The average molecular weight is 384 g/mol. The molecule has 0 aliphatic heterocycles. The summed E-state index contributed by atoms with van der Waals surface area (Å²) in [5.41, 5.74) is 1.80. The van der Waals surface area contributed by atoms with Crippen molar-refractivity contribution in [3.8, 4) is 5.75 Å². The molecule has 1 aromatic carbocycles. The number of oxazole rings is 1. The highest BCUT2D eigenvalue weighted by Gasteiger charge is 2.21. The van der Waals surface area contributed by atoms with E-state index in [2.05, 4.69) is 15.2 Å². The molecule has 1 N–H and O–H groups in total. The van der Waals surface area contributed by atoms with E-state index in [0.29, 0.717) is 16.8 Å². The molecule has 10 heteroatoms. The summed E-state index contributed by atoms with van der Waals surface area (Å²) < 4.78 is 10.3. The van der Waals surface area contributed by atoms with E-state index in [4.69, 9.17) is 9.15 Å². The molecule has 2 aromatic rings. The third-order valence-electron chi connectivity index (χ3n) is 3.95. The van der Waals surface area contributed by atoms with Crippen LogP contribution in [-0.4, -0.2) is 27.0 Å². The van der Waals surface area contributed by atoms with Crippen LogP contribution < -0.4 is 0 Å². The summed E-state index contributed by atoms with van der Waals surface area (Å²) in [6, 6.07) is 2.32. The van der Waals surface area contributed by atoms with Gasteiger partial charge in [-0.1, -0.05) is 5.11 Å². The number of esters is 1. The Morgan fingerprint density at radius 2 is 2.07 bits per heavy atom. The second-order valence-corrected chi connectivity index (χ2v) is 6.08. The van der Waals surface area contributed by atoms with Gasteiger partial charge in [-0.2, -0.15) is 4.98 Å². The van der Waals surface area contributed by atoms with E-state index < -0.39 is 16.9 Å². The zero-order valence-electron chi connectivity index (χ0n) is 15.0. The molecule has 0 saturated heterocycles. The van der Waals surface area contributed by atoms with Crippen LogP contribution in [0.25, 0.3) is 0 Å². The van der Waals surface area contributed by atoms with Crippen molar-refractivity contribution in [3.05, 3.63) is 69.3 Å². The molecule has 10 nitrogen and oxygen atoms in total. The number of ether oxygens (including phenoxy) is 1. The predicted molar refractivity (Wildman–Crippen MR) is 96.3 cm³/mol. The van der Waals surface area contributed by atoms with E-state index in [1.54, 1.807) is 26.0 Å². The van der Waals surface area contributed by atoms with Crippen LogP contribution in [-0.2, 0) is 4.74 Å². The molecule has 1 unspecified atom stereocenters. The second kappa shape index (κ2) is 7.82. The Morgan fingerprint density at radius 1 is 1.36 bits per heavy atom. The molecule has 3 rings (SSSR count). The number of phenolic OH excluding ortho intramolecular Hbond substituents is 1. The summed E-state index contributed by atoms with van der Waals surface area (Å²) in [4.78, 5) is 26.2. The van der Waals surface area contributed by atoms with Crippen molar-refractivity contribution in [1.82, 2.24) is 4.98 Å². The lowest BCUT2D eigenvalue weighted by Gasteiger charge is -2.09. The highest BCUT2D eigenvalue weighted by Crippen LogP contribution is 2.28. The Kier molecular flexibility index (Phi) is 5.30. The largest absolute Gasteiger partial charge is 0.507 e. The molecule has 1 heterocycles. The van der Waals surface area contributed by atoms with Gasteiger partial charge in [0.05, 0.1) is 11.9 Å². The lowest BCUT2D eigenvalue weighted by molar-refractivity contribution is -0.508. The summed E-state index contributed by atoms with van der Waals surface area (Å²) in [6.07, 6.45) is 5.45. The number of hydrogen-bond donors (Lipinski definition) is 1. The minimum atomic E-state index is -0.827. The van der Waals surface area contributed by atoms with Crippen molar-refractivity contribution in [2.75, 3.05) is 0 Å². The summed E-state index contributed by atoms with van der Waals surface area (Å²) in [6.45, 7) is 3.48. The van der Waals surface area contributed by atoms with Gasteiger partial charge in [0.1, 0.15) is 11.5 Å². The number of phenols is 1. The van der Waals surface area contributed by atoms with Gasteiger partial charge in [0, 0.05) is 11.3 Å². The number of aromatic hydroxyl groups is 1. The third kappa shape index (κ3) is 4.29. The fraction of sp³-hybridized carbons (Fsp3) is 0.222. The summed E-state index contributed by atoms with van der Waals surface area (Å²) >= 11 is 0. The third-order valence-corrected chi connectivity index (χ3v) is 3.95. The number of allylic oxidation sites excluding steroid dienone is 1. The molecule has 1 aliphatic rings. The number of nitrogens with zero attached hydrogens (tertiary/aromatic N) is 4. The van der Waals surface area contributed by atoms with E-state index in [0.717, 1.165) is 6.20 Å². The van der Waals surface area contributed by atoms with Crippen molar-refractivity contribution in [2.45, 2.75) is 26.3 Å². The number of azo groups is 1. The molecule has 144 valence electrons. The summed E-state index contributed by atoms with van der Waals surface area (Å²) in [7, 11) is 0. The number of carbonyl (C=O) groups excluding carboxylic acids is 1. The second-order valence-electron chi connectivity index (χ2n) is 6.08. The van der Waals surface area contributed by atoms with E-state index in [9.17, 15) is 20.0 Å². The van der Waals surface area contributed by atoms with Crippen LogP contribution in [0.1, 0.15) is 28.1 Å². The van der Waals surface area contributed by atoms with Crippen molar-refractivity contribution >= 4 is 17.7 Å². The maximum atomic E-state index is 12.1. The smallest absolute Gasteiger partial charge is 0.381 e. The van der Waals surface area contributed by atoms with Gasteiger partial charge < -0.3 is 14.3 Å². The van der Waals surface area contributed by atoms with Crippen LogP contribution in [0.15, 0.2) is 57.0 Å². The van der Waals surface area contributed by atoms with Gasteiger partial charge >= 0.3 is 12.0 Å². The first-order valence-corrected chi connectivity index (χ1v) is 8.25. The Morgan fingerprint density at radius 3 is 2.68 bits per heavy atom. The lowest BCUT2D eigenvalue weighted by Crippen LogP contribution is -2.18. The van der Waals surface area contributed by atoms with Crippen LogP contribution in [0.5, 0.6) is 5.75 Å². The van der Waals surface area contributed by atoms with Crippen LogP contribution in [0.3, 0.4) is 0 Å². The first-order chi connectivity index (χ1) is 13.3. The number of nitro groups is 1. The monoisotopic (exact) mass is 384 g/mol. The molecule has 1 aliphatic carbocycles. The van der Waals surface area contributed by atoms with E-state index in [1.807, 2.05) is 0 Å². The normalized spacial score (nSPS) is 16.2. The highest BCUT2D eigenvalue weighted by molar-refractivity contribution is 5.87. The first-order valence-electron chi connectivity index (χ1n) is 8.25. The molecule has 0 bridgehead atoms. The predicted octanol–water partition coefficient (Wildman–Crippen LogP) is 4.06. The summed E-state index contributed by atoms with van der Waals surface area (Å²) in [5, 5.41) is 28.2. The number of hydrogen-bond acceptors (Lipinski definition) is 9. The maximum Gasteiger partial charge on any atom is 0.381 e. The molecule has 0 radical (unpaired) electrons. The zero-order valence-corrected chi connectivity index (χ0v) is 15.0. The van der Waals surface area contributed by atoms with Crippen molar-refractivity contribution in [2.24, 2.45) is 10.2 Å². The van der Waals surface area contributed by atoms with Crippen LogP contribution >= 0.6 is 0 Å². The summed E-state index contributed by atoms with van der Waals surface area (Å²) in [5.74, 6) is -0.605. The van der Waals surface area contributed by atoms with Gasteiger partial charge in [-0.25, -0.2) is 4.79 Å². The Labute approximate surface area is 159 Å². The van der Waals surface area contributed by atoms with Gasteiger partial charge in [-0.15, -0.1) is 5.11 Å². The number of rotatable bonds is 5. The van der Waals surface area contributed by atoms with Crippen molar-refractivity contribution in [3.63, 3.8) is 0 Å². The molecule has 1 aromatic heterocycles. The van der Waals surface area contributed by atoms with E-state index in [1.165, 1.54) is 18.2 Å². The average Bonchev–Trinajstić information content (AvgIpc) is 3.14. The Balaban J connectivity index is 1.65. The lowest BCUT2D eigenvalue weighted by atomic mass is 10.1. The minimum Gasteiger partial charge on any atom is -0.507 e. The molecule has 1 atom stereocenters. The Bertz CT molecular complexity index is 998. The first kappa shape index (κ1) is 19.0. The van der Waals surface area contributed by atoms with E-state index in [-0.39, 0.29) is 29.7 Å². The van der Waals surface area contributed by atoms with Gasteiger partial charge in [-0.3, -0.25) is 10.1 Å². The number of benzene rings is 1. The fourth-order valence-corrected chi connectivity index (χ4v) is 2.48. The topological polar surface area (TPSA) is 140 Å². The number of aromatic nitrogens is 1. The molecule has 0 amide bonds. The van der Waals surface area contributed by atoms with Gasteiger partial charge in [0.15, 0.2) is 0 Å². The van der Waals surface area contributed by atoms with Crippen LogP contribution in [0.4, 0.5) is 11.7 Å². The highest BCUT2D eigenvalue weighted by atomic mass is 16.6. The standard InChI is InChI=1S/C18H16N4O6/c1-10-7-12(8-11(2)16(10)23)20-21-18-19-9-15(28-18)17(24)27-14-5-3-13(4-6-14)22(25)26/h3,5-9,13,23H,4H2,1-2H3. The fourth-order valence-electron chi connectivity index (χ4n) is 2.48. The maximum absolute atomic E-state index is 12.1. The van der Waals surface area contributed by atoms with Gasteiger partial charge in [-0.05, 0) is 55.3 Å². The molecule has 0 spiro atoms. The van der Waals surface area contributed by atoms with Crippen LogP contribution in [0, 0.1) is 24.0 Å². The molecule has 0 fully saturated rings. The number of aryl methyl sites for hydroxylation is 2. The SMILES string of the molecule is Cc1cc(N=Nc2ncc(C(=O)OC3=CCC([N+](=O)[O-])C=C3)o2)cc(C)c1O. The van der Waals surface area contributed by atoms with Crippen molar-refractivity contribution < 1.29 is 24.0 Å². The molecule has 28 heavy (non-hydrogen) atoms. The molecular formula is C18H16N4O6. The van der Waals surface area contributed by atoms with Crippen molar-refractivity contribution in [1.29, 1.82) is 0 Å². The quantitative estimate of drug-likeness (QED) is 0.355. The molecule has 0 saturated carbocycles. The van der Waals surface area contributed by atoms with E-state index >= 15 is 0 Å². The minimum absolute atomic E-state index is 0.132. The Hall–Kier alpha value is -3.82. The van der Waals surface area contributed by atoms with Gasteiger partial charge in [0.2, 0.25) is 11.8 Å². The van der Waals surface area contributed by atoms with Crippen LogP contribution in [0.2, 0.25) is 0 Å². The molecular weight excluding hydrogens is 368 g/mol. The zero-order chi connectivity index (χ0) is 20.3.